The quantitative estimate of drug-likeness (QED) is 0.0818. The van der Waals surface area contributed by atoms with E-state index in [2.05, 4.69) is 5.32 Å². The van der Waals surface area contributed by atoms with Crippen molar-refractivity contribution in [2.45, 2.75) is 167 Å². The third kappa shape index (κ3) is 9.75. The van der Waals surface area contributed by atoms with Crippen LogP contribution in [0.1, 0.15) is 13.8 Å². The summed E-state index contributed by atoms with van der Waals surface area (Å²) in [6.07, 6.45) is -43.4. The molecule has 0 radical (unpaired) electrons. The van der Waals surface area contributed by atoms with E-state index in [-0.39, 0.29) is 0 Å². The highest BCUT2D eigenvalue weighted by Crippen LogP contribution is 2.36. The number of nitrogens with one attached hydrogen (secondary N) is 1. The molecule has 58 heavy (non-hydrogen) atoms. The molecule has 0 aliphatic carbocycles. The molecule has 5 fully saturated rings. The maximum Gasteiger partial charge on any atom is 0.217 e. The molecule has 26 heteroatoms. The van der Waals surface area contributed by atoms with Gasteiger partial charge in [-0.2, -0.15) is 0 Å². The topological polar surface area (TPSA) is 416 Å². The van der Waals surface area contributed by atoms with Crippen molar-refractivity contribution < 1.29 is 124 Å². The molecule has 26 nitrogen and oxygen atoms in total. The molecule has 0 spiro atoms. The Balaban J connectivity index is 1.44. The summed E-state index contributed by atoms with van der Waals surface area (Å²) >= 11 is 0. The summed E-state index contributed by atoms with van der Waals surface area (Å²) in [6, 6.07) is -1.72. The van der Waals surface area contributed by atoms with E-state index in [1.54, 1.807) is 0 Å². The number of carbonyl (C=O) groups excluding carboxylic acids is 1. The lowest BCUT2D eigenvalue weighted by Crippen LogP contribution is -2.70. The monoisotopic (exact) mass is 853 g/mol. The van der Waals surface area contributed by atoms with E-state index in [0.717, 1.165) is 6.92 Å². The third-order valence-electron chi connectivity index (χ3n) is 10.7. The molecule has 0 bridgehead atoms. The molecule has 1 unspecified atom stereocenters. The van der Waals surface area contributed by atoms with Crippen LogP contribution in [0.5, 0.6) is 0 Å². The van der Waals surface area contributed by atoms with Gasteiger partial charge < -0.3 is 125 Å². The summed E-state index contributed by atoms with van der Waals surface area (Å²) in [5.74, 6) is -0.823. The van der Waals surface area contributed by atoms with E-state index < -0.39 is 186 Å². The van der Waals surface area contributed by atoms with Gasteiger partial charge in [-0.1, -0.05) is 0 Å². The first-order valence-electron chi connectivity index (χ1n) is 18.5. The molecular weight excluding hydrogens is 798 g/mol. The summed E-state index contributed by atoms with van der Waals surface area (Å²) in [4.78, 5) is 12.6. The summed E-state index contributed by atoms with van der Waals surface area (Å²) < 4.78 is 50.8. The Morgan fingerprint density at radius 2 is 0.914 bits per heavy atom. The fourth-order valence-corrected chi connectivity index (χ4v) is 7.35. The van der Waals surface area contributed by atoms with Crippen molar-refractivity contribution in [3.63, 3.8) is 0 Å². The van der Waals surface area contributed by atoms with Gasteiger partial charge in [-0.05, 0) is 6.92 Å². The summed E-state index contributed by atoms with van der Waals surface area (Å²) in [7, 11) is 0. The zero-order valence-electron chi connectivity index (χ0n) is 31.1. The molecule has 338 valence electrons. The molecule has 0 aromatic carbocycles. The van der Waals surface area contributed by atoms with E-state index in [0.29, 0.717) is 0 Å². The minimum absolute atomic E-state index is 0.823. The molecule has 0 aromatic rings. The largest absolute Gasteiger partial charge is 0.394 e. The minimum atomic E-state index is -2.10. The lowest BCUT2D eigenvalue weighted by Gasteiger charge is -2.50. The molecule has 25 atom stereocenters. The number of aliphatic hydroxyl groups is 15. The third-order valence-corrected chi connectivity index (χ3v) is 10.7. The molecule has 5 aliphatic heterocycles. The first-order valence-corrected chi connectivity index (χ1v) is 18.5. The number of ether oxygens (including phenoxy) is 9. The van der Waals surface area contributed by atoms with E-state index in [4.69, 9.17) is 42.6 Å². The Kier molecular flexibility index (Phi) is 16.5. The van der Waals surface area contributed by atoms with Gasteiger partial charge in [0.05, 0.1) is 32.5 Å². The van der Waals surface area contributed by atoms with Crippen molar-refractivity contribution in [1.82, 2.24) is 5.32 Å². The molecule has 5 heterocycles. The molecule has 0 saturated carbocycles. The van der Waals surface area contributed by atoms with Crippen LogP contribution in [0.3, 0.4) is 0 Å². The zero-order chi connectivity index (χ0) is 42.9. The number of aliphatic hydroxyl groups excluding tert-OH is 15. The summed E-state index contributed by atoms with van der Waals surface area (Å²) in [5, 5.41) is 160. The average Bonchev–Trinajstić information content (AvgIpc) is 3.19. The maximum atomic E-state index is 12.6. The van der Waals surface area contributed by atoms with Crippen molar-refractivity contribution in [2.24, 2.45) is 0 Å². The van der Waals surface area contributed by atoms with Gasteiger partial charge in [-0.25, -0.2) is 0 Å². The zero-order valence-corrected chi connectivity index (χ0v) is 31.1. The van der Waals surface area contributed by atoms with Crippen LogP contribution in [0.25, 0.3) is 0 Å². The lowest BCUT2D eigenvalue weighted by atomic mass is 9.94. The number of amides is 1. The smallest absolute Gasteiger partial charge is 0.217 e. The number of carbonyl (C=O) groups is 1. The first-order chi connectivity index (χ1) is 27.4. The van der Waals surface area contributed by atoms with Crippen LogP contribution < -0.4 is 5.32 Å². The predicted octanol–water partition coefficient (Wildman–Crippen LogP) is -10.8. The highest BCUT2D eigenvalue weighted by atomic mass is 16.8. The van der Waals surface area contributed by atoms with E-state index >= 15 is 0 Å². The van der Waals surface area contributed by atoms with Crippen molar-refractivity contribution in [3.8, 4) is 0 Å². The van der Waals surface area contributed by atoms with Crippen molar-refractivity contribution in [2.75, 3.05) is 26.4 Å². The number of hydrogen-bond acceptors (Lipinski definition) is 25. The Hall–Kier alpha value is -1.49. The Morgan fingerprint density at radius 3 is 1.50 bits per heavy atom. The van der Waals surface area contributed by atoms with Crippen molar-refractivity contribution >= 4 is 5.91 Å². The van der Waals surface area contributed by atoms with Crippen LogP contribution in [0.2, 0.25) is 0 Å². The molecule has 0 aromatic heterocycles. The van der Waals surface area contributed by atoms with Crippen molar-refractivity contribution in [1.29, 1.82) is 0 Å². The fraction of sp³-hybridized carbons (Fsp3) is 0.969. The normalized spacial score (nSPS) is 51.6. The molecule has 5 saturated heterocycles. The summed E-state index contributed by atoms with van der Waals surface area (Å²) in [5.41, 5.74) is 0. The van der Waals surface area contributed by atoms with Crippen LogP contribution >= 0.6 is 0 Å². The van der Waals surface area contributed by atoms with E-state index in [1.165, 1.54) is 6.92 Å². The number of rotatable bonds is 13. The maximum absolute atomic E-state index is 12.6. The van der Waals surface area contributed by atoms with Gasteiger partial charge in [-0.3, -0.25) is 4.79 Å². The van der Waals surface area contributed by atoms with Crippen LogP contribution in [0, 0.1) is 0 Å². The molecule has 16 N–H and O–H groups in total. The first kappa shape index (κ1) is 47.6. The Labute approximate surface area is 329 Å². The van der Waals surface area contributed by atoms with Gasteiger partial charge in [0.15, 0.2) is 31.5 Å². The molecule has 5 rings (SSSR count). The Bertz CT molecular complexity index is 1310. The Morgan fingerprint density at radius 1 is 0.448 bits per heavy atom. The highest BCUT2D eigenvalue weighted by molar-refractivity contribution is 5.73. The van der Waals surface area contributed by atoms with Crippen molar-refractivity contribution in [3.05, 3.63) is 0 Å². The van der Waals surface area contributed by atoms with Crippen LogP contribution in [-0.2, 0) is 47.4 Å². The van der Waals surface area contributed by atoms with Gasteiger partial charge in [0, 0.05) is 6.92 Å². The van der Waals surface area contributed by atoms with Gasteiger partial charge in [0.1, 0.15) is 116 Å². The van der Waals surface area contributed by atoms with E-state index in [9.17, 15) is 81.4 Å². The SMILES string of the molecule is CC(=O)N[C@H]1[C@H](O[C@H]2[C@@H](O)[C@@H](CO)O[C@@H](O[C@H]3[C@H](O)[C@@H](O)C(O)O[C@@H]3CO)[C@@H]2O)O[C@H](CO)[C@@H](O)[C@@H]1O[C@@H]1O[C@H](CO)[C@H](O)[C@H](O)[C@H]1O[C@H]1O[C@H](C)[C@H](O)[C@H](O)[C@H]1O. The second-order valence-electron chi connectivity index (χ2n) is 14.7. The average molecular weight is 854 g/mol. The fourth-order valence-electron chi connectivity index (χ4n) is 7.35. The second-order valence-corrected chi connectivity index (χ2v) is 14.7. The van der Waals surface area contributed by atoms with Gasteiger partial charge in [-0.15, -0.1) is 0 Å². The van der Waals surface area contributed by atoms with Gasteiger partial charge >= 0.3 is 0 Å². The van der Waals surface area contributed by atoms with Crippen LogP contribution in [-0.4, -0.2) is 262 Å². The number of hydrogen-bond donors (Lipinski definition) is 16. The standard InChI is InChI=1S/C32H55NO25/c1-7-14(39)18(43)22(47)30(50-7)58-27-19(44)15(40)9(3-34)54-32(27)56-25-13(33-8(2)38)29(52-10(4-35)16(25)41)57-26-17(42)11(5-36)53-31(23(26)48)55-24-12(6-37)51-28(49)21(46)20(24)45/h7,9-32,34-37,39-49H,3-6H2,1-2H3,(H,33,38)/t7-,9-,10-,11-,12-,13-,14+,15+,16-,17+,18+,19+,20-,21-,22-,23-,24-,25-,26+,27-,28?,29+,30-,31+,32+/m1/s1. The molecular formula is C32H55NO25. The second kappa shape index (κ2) is 20.1. The lowest BCUT2D eigenvalue weighted by molar-refractivity contribution is -0.390. The molecule has 5 aliphatic rings. The minimum Gasteiger partial charge on any atom is -0.394 e. The van der Waals surface area contributed by atoms with Gasteiger partial charge in [0.25, 0.3) is 0 Å². The van der Waals surface area contributed by atoms with Crippen LogP contribution in [0.4, 0.5) is 0 Å². The molecule has 1 amide bonds. The van der Waals surface area contributed by atoms with Gasteiger partial charge in [0.2, 0.25) is 5.91 Å². The summed E-state index contributed by atoms with van der Waals surface area (Å²) in [6.45, 7) is -1.34. The highest BCUT2D eigenvalue weighted by Gasteiger charge is 2.57. The van der Waals surface area contributed by atoms with Crippen LogP contribution in [0.15, 0.2) is 0 Å². The predicted molar refractivity (Wildman–Crippen MR) is 177 cm³/mol. The van der Waals surface area contributed by atoms with E-state index in [1.807, 2.05) is 0 Å².